The highest BCUT2D eigenvalue weighted by molar-refractivity contribution is 4.87. The monoisotopic (exact) mass is 316 g/mol. The van der Waals surface area contributed by atoms with Gasteiger partial charge in [-0.3, -0.25) is 0 Å². The summed E-state index contributed by atoms with van der Waals surface area (Å²) in [5.74, 6) is 0. The molecule has 0 bridgehead atoms. The van der Waals surface area contributed by atoms with E-state index in [2.05, 4.69) is 19.1 Å². The van der Waals surface area contributed by atoms with Crippen LogP contribution in [0.25, 0.3) is 0 Å². The summed E-state index contributed by atoms with van der Waals surface area (Å²) in [5, 5.41) is 28.6. The Morgan fingerprint density at radius 2 is 1.73 bits per heavy atom. The van der Waals surface area contributed by atoms with E-state index in [1.54, 1.807) is 0 Å². The summed E-state index contributed by atoms with van der Waals surface area (Å²) in [6.45, 7) is 2.67. The van der Waals surface area contributed by atoms with Crippen molar-refractivity contribution in [3.8, 4) is 0 Å². The first-order valence-electron chi connectivity index (χ1n) is 8.55. The van der Waals surface area contributed by atoms with Crippen LogP contribution in [0.5, 0.6) is 0 Å². The van der Waals surface area contributed by atoms with Crippen molar-refractivity contribution in [3.05, 3.63) is 12.2 Å². The number of unbranched alkanes of at least 4 members (excludes halogenated alkanes) is 5. The largest absolute Gasteiger partial charge is 0.394 e. The molecule has 1 rings (SSSR count). The van der Waals surface area contributed by atoms with Gasteiger partial charge in [-0.05, 0) is 32.1 Å². The lowest BCUT2D eigenvalue weighted by Crippen LogP contribution is -2.55. The predicted octanol–water partition coefficient (Wildman–Crippen LogP) is 1.79. The van der Waals surface area contributed by atoms with Gasteiger partial charge in [0.2, 0.25) is 0 Å². The highest BCUT2D eigenvalue weighted by Gasteiger charge is 2.38. The average molecular weight is 316 g/mol. The molecule has 0 saturated carbocycles. The van der Waals surface area contributed by atoms with Gasteiger partial charge in [-0.1, -0.05) is 31.9 Å². The number of hydrogen-bond donors (Lipinski definition) is 3. The van der Waals surface area contributed by atoms with Gasteiger partial charge in [0.1, 0.15) is 24.4 Å². The maximum absolute atomic E-state index is 9.91. The number of aliphatic hydroxyl groups excluding tert-OH is 3. The van der Waals surface area contributed by atoms with Crippen LogP contribution in [-0.4, -0.2) is 59.6 Å². The molecule has 1 fully saturated rings. The lowest BCUT2D eigenvalue weighted by atomic mass is 10.0. The molecular weight excluding hydrogens is 284 g/mol. The minimum absolute atomic E-state index is 0.209. The second kappa shape index (κ2) is 12.0. The van der Waals surface area contributed by atoms with Crippen molar-refractivity contribution < 1.29 is 24.8 Å². The summed E-state index contributed by atoms with van der Waals surface area (Å²) in [5.41, 5.74) is 0. The van der Waals surface area contributed by atoms with Crippen LogP contribution in [0.4, 0.5) is 0 Å². The fourth-order valence-corrected chi connectivity index (χ4v) is 2.51. The number of rotatable bonds is 11. The molecule has 0 radical (unpaired) electrons. The molecule has 1 aliphatic heterocycles. The van der Waals surface area contributed by atoms with Gasteiger partial charge in [0, 0.05) is 6.61 Å². The first-order valence-corrected chi connectivity index (χ1v) is 8.55. The topological polar surface area (TPSA) is 79.2 Å². The van der Waals surface area contributed by atoms with E-state index in [1.807, 2.05) is 0 Å². The van der Waals surface area contributed by atoms with Gasteiger partial charge in [0.05, 0.1) is 13.2 Å². The lowest BCUT2D eigenvalue weighted by molar-refractivity contribution is -0.208. The average Bonchev–Trinajstić information content (AvgIpc) is 2.53. The molecular formula is C17H32O5. The van der Waals surface area contributed by atoms with Crippen LogP contribution in [0.3, 0.4) is 0 Å². The Bertz CT molecular complexity index is 295. The molecule has 1 aliphatic rings. The summed E-state index contributed by atoms with van der Waals surface area (Å²) < 4.78 is 10.8. The zero-order valence-corrected chi connectivity index (χ0v) is 13.7. The Kier molecular flexibility index (Phi) is 10.7. The van der Waals surface area contributed by atoms with E-state index >= 15 is 0 Å². The van der Waals surface area contributed by atoms with E-state index in [0.29, 0.717) is 6.61 Å². The molecule has 0 spiro atoms. The molecule has 22 heavy (non-hydrogen) atoms. The standard InChI is InChI=1S/C17H32O5/c1-2-3-4-5-6-7-8-9-10-11-21-15-13-22-14(12-18)16(19)17(15)20/h6-7,14-20H,2-5,8-13H2,1H3/b7-6+/t14-,15+,16-,17-/m1/s1. The van der Waals surface area contributed by atoms with E-state index in [0.717, 1.165) is 19.3 Å². The smallest absolute Gasteiger partial charge is 0.111 e. The van der Waals surface area contributed by atoms with Gasteiger partial charge < -0.3 is 24.8 Å². The van der Waals surface area contributed by atoms with Gasteiger partial charge in [-0.2, -0.15) is 0 Å². The lowest BCUT2D eigenvalue weighted by Gasteiger charge is -2.36. The Hall–Kier alpha value is -0.460. The van der Waals surface area contributed by atoms with Crippen LogP contribution in [0.1, 0.15) is 51.9 Å². The number of hydrogen-bond acceptors (Lipinski definition) is 5. The van der Waals surface area contributed by atoms with E-state index < -0.39 is 24.4 Å². The number of ether oxygens (including phenoxy) is 2. The summed E-state index contributed by atoms with van der Waals surface area (Å²) in [6.07, 6.45) is 9.18. The molecule has 5 heteroatoms. The van der Waals surface area contributed by atoms with Gasteiger partial charge in [-0.15, -0.1) is 0 Å². The number of aliphatic hydroxyl groups is 3. The van der Waals surface area contributed by atoms with Gasteiger partial charge >= 0.3 is 0 Å². The van der Waals surface area contributed by atoms with Crippen LogP contribution in [0, 0.1) is 0 Å². The van der Waals surface area contributed by atoms with Gasteiger partial charge in [0.15, 0.2) is 0 Å². The first kappa shape index (κ1) is 19.6. The van der Waals surface area contributed by atoms with E-state index in [9.17, 15) is 10.2 Å². The SMILES string of the molecule is CCCCC/C=C/CCCCO[C@H]1CO[C@H](CO)[C@@H](O)[C@@H]1O. The van der Waals surface area contributed by atoms with Crippen LogP contribution in [-0.2, 0) is 9.47 Å². The van der Waals surface area contributed by atoms with E-state index in [-0.39, 0.29) is 13.2 Å². The molecule has 5 nitrogen and oxygen atoms in total. The summed E-state index contributed by atoms with van der Waals surface area (Å²) in [6, 6.07) is 0. The molecule has 0 aliphatic carbocycles. The minimum atomic E-state index is -1.09. The maximum Gasteiger partial charge on any atom is 0.111 e. The molecule has 0 aromatic rings. The van der Waals surface area contributed by atoms with Crippen molar-refractivity contribution in [2.45, 2.75) is 76.3 Å². The fraction of sp³-hybridized carbons (Fsp3) is 0.882. The molecule has 0 aromatic heterocycles. The van der Waals surface area contributed by atoms with Crippen molar-refractivity contribution in [1.82, 2.24) is 0 Å². The minimum Gasteiger partial charge on any atom is -0.394 e. The third kappa shape index (κ3) is 7.20. The number of allylic oxidation sites excluding steroid dienone is 2. The Balaban J connectivity index is 2.03. The molecule has 0 aromatic carbocycles. The van der Waals surface area contributed by atoms with Gasteiger partial charge in [0.25, 0.3) is 0 Å². The predicted molar refractivity (Wildman–Crippen MR) is 85.7 cm³/mol. The van der Waals surface area contributed by atoms with Crippen molar-refractivity contribution in [2.24, 2.45) is 0 Å². The molecule has 1 saturated heterocycles. The summed E-state index contributed by atoms with van der Waals surface area (Å²) >= 11 is 0. The van der Waals surface area contributed by atoms with Crippen molar-refractivity contribution in [3.63, 3.8) is 0 Å². The second-order valence-electron chi connectivity index (χ2n) is 5.91. The molecule has 130 valence electrons. The quantitative estimate of drug-likeness (QED) is 0.400. The van der Waals surface area contributed by atoms with Crippen LogP contribution >= 0.6 is 0 Å². The zero-order valence-electron chi connectivity index (χ0n) is 13.7. The van der Waals surface area contributed by atoms with E-state index in [1.165, 1.54) is 25.7 Å². The Labute approximate surface area is 133 Å². The van der Waals surface area contributed by atoms with Crippen molar-refractivity contribution in [2.75, 3.05) is 19.8 Å². The summed E-state index contributed by atoms with van der Waals surface area (Å²) in [4.78, 5) is 0. The molecule has 4 atom stereocenters. The molecule has 0 unspecified atom stereocenters. The highest BCUT2D eigenvalue weighted by Crippen LogP contribution is 2.18. The molecule has 3 N–H and O–H groups in total. The Morgan fingerprint density at radius 3 is 2.36 bits per heavy atom. The highest BCUT2D eigenvalue weighted by atomic mass is 16.6. The second-order valence-corrected chi connectivity index (χ2v) is 5.91. The zero-order chi connectivity index (χ0) is 16.2. The fourth-order valence-electron chi connectivity index (χ4n) is 2.51. The van der Waals surface area contributed by atoms with E-state index in [4.69, 9.17) is 14.6 Å². The molecule has 1 heterocycles. The maximum atomic E-state index is 9.91. The van der Waals surface area contributed by atoms with Crippen LogP contribution in [0.2, 0.25) is 0 Å². The van der Waals surface area contributed by atoms with Gasteiger partial charge in [-0.25, -0.2) is 0 Å². The van der Waals surface area contributed by atoms with Crippen molar-refractivity contribution in [1.29, 1.82) is 0 Å². The first-order chi connectivity index (χ1) is 10.7. The van der Waals surface area contributed by atoms with Crippen molar-refractivity contribution >= 4 is 0 Å². The third-order valence-electron chi connectivity index (χ3n) is 4.00. The van der Waals surface area contributed by atoms with Crippen LogP contribution < -0.4 is 0 Å². The van der Waals surface area contributed by atoms with Crippen LogP contribution in [0.15, 0.2) is 12.2 Å². The summed E-state index contributed by atoms with van der Waals surface area (Å²) in [7, 11) is 0. The molecule has 0 amide bonds. The third-order valence-corrected chi connectivity index (χ3v) is 4.00. The normalized spacial score (nSPS) is 29.3. The Morgan fingerprint density at radius 1 is 1.05 bits per heavy atom.